The predicted molar refractivity (Wildman–Crippen MR) is 115 cm³/mol. The lowest BCUT2D eigenvalue weighted by Crippen LogP contribution is -2.67. The minimum atomic E-state index is -0.128. The number of Topliss-reactive ketones (excluding diaryl/α,β-unsaturated/α-hetero) is 1. The third-order valence-corrected chi connectivity index (χ3v) is 12.2. The van der Waals surface area contributed by atoms with Gasteiger partial charge in [0.15, 0.2) is 0 Å². The molecule has 0 amide bonds. The normalized spacial score (nSPS) is 57.7. The minimum Gasteiger partial charge on any atom is -0.325 e. The Balaban J connectivity index is 1.54. The number of ketones is 1. The van der Waals surface area contributed by atoms with Gasteiger partial charge in [-0.1, -0.05) is 41.0 Å². The zero-order chi connectivity index (χ0) is 20.2. The molecule has 0 spiro atoms. The molecule has 0 bridgehead atoms. The smallest absolute Gasteiger partial charge is 0.138 e. The summed E-state index contributed by atoms with van der Waals surface area (Å²) in [7, 11) is 0. The first kappa shape index (κ1) is 19.6. The van der Waals surface area contributed by atoms with E-state index in [0.29, 0.717) is 27.9 Å². The van der Waals surface area contributed by atoms with Crippen LogP contribution in [0.25, 0.3) is 0 Å². The van der Waals surface area contributed by atoms with E-state index in [-0.39, 0.29) is 11.0 Å². The zero-order valence-corrected chi connectivity index (χ0v) is 19.1. The van der Waals surface area contributed by atoms with E-state index in [1.54, 1.807) is 0 Å². The molecule has 2 N–H and O–H groups in total. The second kappa shape index (κ2) is 5.65. The van der Waals surface area contributed by atoms with Gasteiger partial charge >= 0.3 is 0 Å². The first-order valence-electron chi connectivity index (χ1n) is 12.3. The van der Waals surface area contributed by atoms with Crippen LogP contribution in [0.2, 0.25) is 0 Å². The fourth-order valence-corrected chi connectivity index (χ4v) is 10.4. The van der Waals surface area contributed by atoms with Gasteiger partial charge in [-0.3, -0.25) is 4.79 Å². The van der Waals surface area contributed by atoms with Crippen LogP contribution in [0.1, 0.15) is 105 Å². The molecular formula is C26H43NO. The van der Waals surface area contributed by atoms with Crippen LogP contribution in [0.15, 0.2) is 0 Å². The zero-order valence-electron chi connectivity index (χ0n) is 19.1. The SMILES string of the molecule is CC1(C)C(=O)CCC2(C)C1CCC1(C)C2CCC2[C@H]3CCCC3(N)CC[C@]21C. The van der Waals surface area contributed by atoms with E-state index < -0.39 is 0 Å². The van der Waals surface area contributed by atoms with Crippen LogP contribution >= 0.6 is 0 Å². The highest BCUT2D eigenvalue weighted by Crippen LogP contribution is 2.75. The maximum absolute atomic E-state index is 12.8. The van der Waals surface area contributed by atoms with Gasteiger partial charge in [-0.2, -0.15) is 0 Å². The fourth-order valence-electron chi connectivity index (χ4n) is 10.4. The van der Waals surface area contributed by atoms with Crippen LogP contribution < -0.4 is 5.73 Å². The minimum absolute atomic E-state index is 0.128. The van der Waals surface area contributed by atoms with Crippen LogP contribution in [-0.2, 0) is 4.79 Å². The highest BCUT2D eigenvalue weighted by Gasteiger charge is 2.69. The Labute approximate surface area is 172 Å². The molecule has 0 aromatic carbocycles. The molecule has 5 aliphatic rings. The Morgan fingerprint density at radius 1 is 0.750 bits per heavy atom. The number of hydrogen-bond acceptors (Lipinski definition) is 2. The average Bonchev–Trinajstić information content (AvgIpc) is 3.01. The second-order valence-electron chi connectivity index (χ2n) is 13.0. The van der Waals surface area contributed by atoms with Gasteiger partial charge in [-0.05, 0) is 97.7 Å². The van der Waals surface area contributed by atoms with E-state index in [1.807, 2.05) is 0 Å². The van der Waals surface area contributed by atoms with Gasteiger partial charge in [-0.15, -0.1) is 0 Å². The Bertz CT molecular complexity index is 699. The van der Waals surface area contributed by atoms with Gasteiger partial charge in [0.25, 0.3) is 0 Å². The topological polar surface area (TPSA) is 43.1 Å². The van der Waals surface area contributed by atoms with Crippen LogP contribution in [0, 0.1) is 45.3 Å². The van der Waals surface area contributed by atoms with Crippen molar-refractivity contribution in [2.45, 2.75) is 111 Å². The Morgan fingerprint density at radius 3 is 2.25 bits per heavy atom. The van der Waals surface area contributed by atoms with Gasteiger partial charge in [0.05, 0.1) is 0 Å². The van der Waals surface area contributed by atoms with Crippen molar-refractivity contribution in [3.63, 3.8) is 0 Å². The molecule has 6 unspecified atom stereocenters. The van der Waals surface area contributed by atoms with Gasteiger partial charge < -0.3 is 5.73 Å². The third kappa shape index (κ3) is 2.12. The second-order valence-corrected chi connectivity index (χ2v) is 13.0. The molecule has 5 rings (SSSR count). The lowest BCUT2D eigenvalue weighted by atomic mass is 9.33. The molecule has 2 heteroatoms. The van der Waals surface area contributed by atoms with Gasteiger partial charge in [0.1, 0.15) is 5.78 Å². The van der Waals surface area contributed by atoms with Crippen molar-refractivity contribution in [2.24, 2.45) is 51.1 Å². The van der Waals surface area contributed by atoms with Gasteiger partial charge in [0.2, 0.25) is 0 Å². The predicted octanol–water partition coefficient (Wildman–Crippen LogP) is 6.12. The lowest BCUT2D eigenvalue weighted by Gasteiger charge is -2.72. The van der Waals surface area contributed by atoms with Gasteiger partial charge in [-0.25, -0.2) is 0 Å². The largest absolute Gasteiger partial charge is 0.325 e. The molecule has 2 nitrogen and oxygen atoms in total. The summed E-state index contributed by atoms with van der Waals surface area (Å²) in [6.07, 6.45) is 13.8. The average molecular weight is 386 g/mol. The quantitative estimate of drug-likeness (QED) is 0.545. The van der Waals surface area contributed by atoms with Crippen molar-refractivity contribution in [1.29, 1.82) is 0 Å². The molecule has 0 aromatic heterocycles. The number of rotatable bonds is 0. The van der Waals surface area contributed by atoms with Crippen molar-refractivity contribution in [3.8, 4) is 0 Å². The van der Waals surface area contributed by atoms with Crippen molar-refractivity contribution in [2.75, 3.05) is 0 Å². The molecule has 28 heavy (non-hydrogen) atoms. The molecule has 0 aliphatic heterocycles. The van der Waals surface area contributed by atoms with E-state index in [9.17, 15) is 4.79 Å². The monoisotopic (exact) mass is 385 g/mol. The van der Waals surface area contributed by atoms with Crippen molar-refractivity contribution in [1.82, 2.24) is 0 Å². The lowest BCUT2D eigenvalue weighted by molar-refractivity contribution is -0.225. The highest BCUT2D eigenvalue weighted by molar-refractivity contribution is 5.85. The molecule has 8 atom stereocenters. The first-order valence-corrected chi connectivity index (χ1v) is 12.3. The standard InChI is InChI=1S/C26H43NO/c1-22(2)19-10-14-25(5)20(23(19,3)13-11-21(22)28)9-8-17-18-7-6-12-26(18,27)16-15-24(17,25)4/h17-20H,6-16,27H2,1-5H3/t17?,18-,19?,20?,23?,24-,25?,26?/m1/s1. The summed E-state index contributed by atoms with van der Waals surface area (Å²) in [6.45, 7) is 12.5. The molecule has 158 valence electrons. The van der Waals surface area contributed by atoms with Crippen molar-refractivity contribution >= 4 is 5.78 Å². The van der Waals surface area contributed by atoms with Crippen LogP contribution in [0.5, 0.6) is 0 Å². The third-order valence-electron chi connectivity index (χ3n) is 12.2. The molecule has 0 radical (unpaired) electrons. The molecular weight excluding hydrogens is 342 g/mol. The number of carbonyl (C=O) groups excluding carboxylic acids is 1. The summed E-state index contributed by atoms with van der Waals surface area (Å²) in [4.78, 5) is 12.8. The molecule has 0 heterocycles. The number of fused-ring (bicyclic) bond motifs is 7. The van der Waals surface area contributed by atoms with Crippen molar-refractivity contribution in [3.05, 3.63) is 0 Å². The van der Waals surface area contributed by atoms with E-state index in [4.69, 9.17) is 5.73 Å². The van der Waals surface area contributed by atoms with Crippen molar-refractivity contribution < 1.29 is 4.79 Å². The van der Waals surface area contributed by atoms with Crippen LogP contribution in [0.3, 0.4) is 0 Å². The van der Waals surface area contributed by atoms with Crippen LogP contribution in [0.4, 0.5) is 0 Å². The summed E-state index contributed by atoms with van der Waals surface area (Å²) >= 11 is 0. The van der Waals surface area contributed by atoms with E-state index in [1.165, 1.54) is 57.8 Å². The number of nitrogens with two attached hydrogens (primary N) is 1. The van der Waals surface area contributed by atoms with E-state index in [2.05, 4.69) is 34.6 Å². The van der Waals surface area contributed by atoms with E-state index in [0.717, 1.165) is 30.6 Å². The molecule has 5 saturated carbocycles. The first-order chi connectivity index (χ1) is 13.0. The summed E-state index contributed by atoms with van der Waals surface area (Å²) in [5.41, 5.74) is 8.20. The Kier molecular flexibility index (Phi) is 3.95. The van der Waals surface area contributed by atoms with E-state index >= 15 is 0 Å². The Hall–Kier alpha value is -0.370. The molecule has 0 saturated heterocycles. The number of carbonyl (C=O) groups is 1. The molecule has 5 fully saturated rings. The number of hydrogen-bond donors (Lipinski definition) is 1. The maximum atomic E-state index is 12.8. The van der Waals surface area contributed by atoms with Crippen LogP contribution in [-0.4, -0.2) is 11.3 Å². The summed E-state index contributed by atoms with van der Waals surface area (Å²) in [5.74, 6) is 3.46. The molecule has 0 aromatic rings. The summed E-state index contributed by atoms with van der Waals surface area (Å²) in [5, 5.41) is 0. The maximum Gasteiger partial charge on any atom is 0.138 e. The molecule has 5 aliphatic carbocycles. The Morgan fingerprint density at radius 2 is 1.50 bits per heavy atom. The summed E-state index contributed by atoms with van der Waals surface area (Å²) in [6, 6.07) is 0. The summed E-state index contributed by atoms with van der Waals surface area (Å²) < 4.78 is 0. The fraction of sp³-hybridized carbons (Fsp3) is 0.962. The van der Waals surface area contributed by atoms with Gasteiger partial charge in [0, 0.05) is 17.4 Å². The highest BCUT2D eigenvalue weighted by atomic mass is 16.1.